The Morgan fingerprint density at radius 3 is 3.08 bits per heavy atom. The normalized spacial score (nSPS) is 22.9. The molecule has 0 radical (unpaired) electrons. The number of hydrogen-bond acceptors (Lipinski definition) is 3. The Morgan fingerprint density at radius 1 is 1.67 bits per heavy atom. The number of hydrogen-bond donors (Lipinski definition) is 0. The maximum Gasteiger partial charge on any atom is 0.171 e. The van der Waals surface area contributed by atoms with Crippen LogP contribution in [-0.4, -0.2) is 30.0 Å². The van der Waals surface area contributed by atoms with Crippen LogP contribution in [-0.2, 0) is 9.53 Å². The Hall–Kier alpha value is -0.0200. The van der Waals surface area contributed by atoms with Crippen molar-refractivity contribution < 1.29 is 9.53 Å². The average Bonchev–Trinajstić information content (AvgIpc) is 2.56. The molecule has 0 aromatic heterocycles. The van der Waals surface area contributed by atoms with Gasteiger partial charge in [0.25, 0.3) is 0 Å². The Morgan fingerprint density at radius 2 is 2.50 bits per heavy atom. The standard InChI is InChI=1S/C9H16O2S/c1-2-5-11-7-8(10)9-4-3-6-12-9/h9H,2-7H2,1H3. The molecule has 1 heterocycles. The predicted octanol–water partition coefficient (Wildman–Crippen LogP) is 1.88. The molecule has 0 spiro atoms. The number of Topliss-reactive ketones (excluding diaryl/α,β-unsaturated/α-hetero) is 1. The second-order valence-corrected chi connectivity index (χ2v) is 4.33. The first-order valence-electron chi connectivity index (χ1n) is 4.56. The highest BCUT2D eigenvalue weighted by Crippen LogP contribution is 2.26. The molecule has 0 aliphatic carbocycles. The zero-order valence-electron chi connectivity index (χ0n) is 7.54. The summed E-state index contributed by atoms with van der Waals surface area (Å²) in [6, 6.07) is 0. The van der Waals surface area contributed by atoms with E-state index in [-0.39, 0.29) is 11.0 Å². The molecule has 1 fully saturated rings. The van der Waals surface area contributed by atoms with Crippen molar-refractivity contribution in [3.63, 3.8) is 0 Å². The summed E-state index contributed by atoms with van der Waals surface area (Å²) >= 11 is 1.78. The maximum atomic E-state index is 11.4. The van der Waals surface area contributed by atoms with Crippen LogP contribution >= 0.6 is 11.8 Å². The van der Waals surface area contributed by atoms with Crippen molar-refractivity contribution in [3.8, 4) is 0 Å². The lowest BCUT2D eigenvalue weighted by Crippen LogP contribution is -2.20. The van der Waals surface area contributed by atoms with Gasteiger partial charge in [0.15, 0.2) is 5.78 Å². The van der Waals surface area contributed by atoms with Gasteiger partial charge in [-0.25, -0.2) is 0 Å². The maximum absolute atomic E-state index is 11.4. The number of carbonyl (C=O) groups is 1. The third-order valence-electron chi connectivity index (χ3n) is 1.88. The molecule has 0 amide bonds. The monoisotopic (exact) mass is 188 g/mol. The molecule has 1 atom stereocenters. The number of carbonyl (C=O) groups excluding carboxylic acids is 1. The van der Waals surface area contributed by atoms with E-state index in [0.29, 0.717) is 13.2 Å². The molecule has 0 aromatic rings. The summed E-state index contributed by atoms with van der Waals surface area (Å²) in [7, 11) is 0. The van der Waals surface area contributed by atoms with Crippen LogP contribution in [0.4, 0.5) is 0 Å². The lowest BCUT2D eigenvalue weighted by atomic mass is 10.2. The third-order valence-corrected chi connectivity index (χ3v) is 3.31. The van der Waals surface area contributed by atoms with E-state index < -0.39 is 0 Å². The Balaban J connectivity index is 2.10. The number of thioether (sulfide) groups is 1. The fraction of sp³-hybridized carbons (Fsp3) is 0.889. The molecule has 0 saturated carbocycles. The first-order chi connectivity index (χ1) is 5.84. The SMILES string of the molecule is CCCOCC(=O)C1CCCS1. The number of ether oxygens (including phenoxy) is 1. The average molecular weight is 188 g/mol. The van der Waals surface area contributed by atoms with Crippen LogP contribution in [0.5, 0.6) is 0 Å². The lowest BCUT2D eigenvalue weighted by molar-refractivity contribution is -0.123. The van der Waals surface area contributed by atoms with Crippen molar-refractivity contribution in [1.29, 1.82) is 0 Å². The van der Waals surface area contributed by atoms with Crippen LogP contribution in [0.15, 0.2) is 0 Å². The van der Waals surface area contributed by atoms with E-state index in [4.69, 9.17) is 4.74 Å². The summed E-state index contributed by atoms with van der Waals surface area (Å²) in [6.07, 6.45) is 3.24. The van der Waals surface area contributed by atoms with Crippen LogP contribution in [0.2, 0.25) is 0 Å². The molecule has 1 saturated heterocycles. The predicted molar refractivity (Wildman–Crippen MR) is 51.6 cm³/mol. The number of ketones is 1. The molecule has 0 bridgehead atoms. The third kappa shape index (κ3) is 3.15. The molecule has 1 aliphatic rings. The quantitative estimate of drug-likeness (QED) is 0.616. The van der Waals surface area contributed by atoms with Gasteiger partial charge in [-0.15, -0.1) is 0 Å². The molecule has 1 unspecified atom stereocenters. The molecule has 2 nitrogen and oxygen atoms in total. The zero-order valence-corrected chi connectivity index (χ0v) is 8.36. The van der Waals surface area contributed by atoms with Crippen molar-refractivity contribution in [2.24, 2.45) is 0 Å². The highest BCUT2D eigenvalue weighted by Gasteiger charge is 2.22. The van der Waals surface area contributed by atoms with Gasteiger partial charge in [0, 0.05) is 6.61 Å². The summed E-state index contributed by atoms with van der Waals surface area (Å²) in [5.74, 6) is 1.43. The van der Waals surface area contributed by atoms with E-state index in [1.54, 1.807) is 11.8 Å². The van der Waals surface area contributed by atoms with Gasteiger partial charge in [-0.05, 0) is 25.0 Å². The summed E-state index contributed by atoms with van der Waals surface area (Å²) in [6.45, 7) is 3.09. The molecular weight excluding hydrogens is 172 g/mol. The first-order valence-corrected chi connectivity index (χ1v) is 5.61. The summed E-state index contributed by atoms with van der Waals surface area (Å²) < 4.78 is 5.19. The van der Waals surface area contributed by atoms with Crippen LogP contribution in [0.1, 0.15) is 26.2 Å². The van der Waals surface area contributed by atoms with Crippen molar-refractivity contribution >= 4 is 17.5 Å². The fourth-order valence-corrected chi connectivity index (χ4v) is 2.45. The van der Waals surface area contributed by atoms with Gasteiger partial charge in [0.1, 0.15) is 6.61 Å². The van der Waals surface area contributed by atoms with Crippen molar-refractivity contribution in [2.75, 3.05) is 19.0 Å². The lowest BCUT2D eigenvalue weighted by Gasteiger charge is -2.06. The highest BCUT2D eigenvalue weighted by atomic mass is 32.2. The van der Waals surface area contributed by atoms with Gasteiger partial charge >= 0.3 is 0 Å². The minimum Gasteiger partial charge on any atom is -0.374 e. The van der Waals surface area contributed by atoms with Gasteiger partial charge in [0.2, 0.25) is 0 Å². The van der Waals surface area contributed by atoms with E-state index in [0.717, 1.165) is 18.6 Å². The topological polar surface area (TPSA) is 26.3 Å². The van der Waals surface area contributed by atoms with E-state index in [1.165, 1.54) is 6.42 Å². The van der Waals surface area contributed by atoms with Crippen LogP contribution in [0, 0.1) is 0 Å². The van der Waals surface area contributed by atoms with Crippen LogP contribution in [0.25, 0.3) is 0 Å². The summed E-state index contributed by atoms with van der Waals surface area (Å²) in [5.41, 5.74) is 0. The molecule has 0 aromatic carbocycles. The van der Waals surface area contributed by atoms with Crippen LogP contribution < -0.4 is 0 Å². The second kappa shape index (κ2) is 5.60. The Bertz CT molecular complexity index is 141. The van der Waals surface area contributed by atoms with Gasteiger partial charge in [-0.1, -0.05) is 6.92 Å². The van der Waals surface area contributed by atoms with E-state index >= 15 is 0 Å². The fourth-order valence-electron chi connectivity index (χ4n) is 1.24. The van der Waals surface area contributed by atoms with Gasteiger partial charge in [-0.3, -0.25) is 4.79 Å². The second-order valence-electron chi connectivity index (χ2n) is 3.02. The largest absolute Gasteiger partial charge is 0.374 e. The van der Waals surface area contributed by atoms with Crippen molar-refractivity contribution in [1.82, 2.24) is 0 Å². The summed E-state index contributed by atoms with van der Waals surface area (Å²) in [5, 5.41) is 0.238. The molecule has 1 rings (SSSR count). The zero-order chi connectivity index (χ0) is 8.81. The summed E-state index contributed by atoms with van der Waals surface area (Å²) in [4.78, 5) is 11.4. The molecule has 12 heavy (non-hydrogen) atoms. The van der Waals surface area contributed by atoms with Crippen molar-refractivity contribution in [3.05, 3.63) is 0 Å². The molecule has 0 N–H and O–H groups in total. The van der Waals surface area contributed by atoms with Gasteiger partial charge in [-0.2, -0.15) is 11.8 Å². The highest BCUT2D eigenvalue weighted by molar-refractivity contribution is 8.00. The number of rotatable bonds is 5. The molecule has 3 heteroatoms. The van der Waals surface area contributed by atoms with Crippen LogP contribution in [0.3, 0.4) is 0 Å². The van der Waals surface area contributed by atoms with Gasteiger partial charge < -0.3 is 4.74 Å². The minimum absolute atomic E-state index is 0.238. The Labute approximate surface area is 78.1 Å². The Kier molecular flexibility index (Phi) is 4.69. The van der Waals surface area contributed by atoms with E-state index in [1.807, 2.05) is 0 Å². The van der Waals surface area contributed by atoms with E-state index in [9.17, 15) is 4.79 Å². The van der Waals surface area contributed by atoms with Crippen molar-refractivity contribution in [2.45, 2.75) is 31.4 Å². The molecular formula is C9H16O2S. The first kappa shape index (κ1) is 10.1. The van der Waals surface area contributed by atoms with E-state index in [2.05, 4.69) is 6.92 Å². The smallest absolute Gasteiger partial charge is 0.171 e. The molecule has 70 valence electrons. The minimum atomic E-state index is 0.238. The molecule has 1 aliphatic heterocycles. The van der Waals surface area contributed by atoms with Gasteiger partial charge in [0.05, 0.1) is 5.25 Å².